The van der Waals surface area contributed by atoms with E-state index in [2.05, 4.69) is 28.1 Å². The molecule has 5 nitrogen and oxygen atoms in total. The van der Waals surface area contributed by atoms with Crippen LogP contribution >= 0.6 is 0 Å². The van der Waals surface area contributed by atoms with Crippen LogP contribution in [0, 0.1) is 0 Å². The van der Waals surface area contributed by atoms with Gasteiger partial charge in [0.25, 0.3) is 0 Å². The highest BCUT2D eigenvalue weighted by Gasteiger charge is 2.31. The van der Waals surface area contributed by atoms with Gasteiger partial charge >= 0.3 is 0 Å². The number of benzene rings is 3. The number of nitrogens with one attached hydrogen (secondary N) is 1. The van der Waals surface area contributed by atoms with Crippen LogP contribution in [0.4, 0.5) is 5.95 Å². The minimum atomic E-state index is -0.0300. The molecule has 0 fully saturated rings. The molecule has 2 atom stereocenters. The molecule has 1 aromatic heterocycles. The number of para-hydroxylation sites is 3. The Morgan fingerprint density at radius 3 is 2.54 bits per heavy atom. The molecule has 1 aliphatic rings. The van der Waals surface area contributed by atoms with Crippen LogP contribution in [-0.4, -0.2) is 21.8 Å². The van der Waals surface area contributed by atoms with Crippen molar-refractivity contribution in [3.8, 4) is 11.5 Å². The summed E-state index contributed by atoms with van der Waals surface area (Å²) < 4.78 is 7.58. The van der Waals surface area contributed by atoms with Crippen molar-refractivity contribution in [2.75, 3.05) is 12.4 Å². The second kappa shape index (κ2) is 6.60. The number of hydrogen-bond donors (Lipinski definition) is 2. The molecule has 140 valence electrons. The van der Waals surface area contributed by atoms with Crippen molar-refractivity contribution in [2.45, 2.75) is 18.5 Å². The number of methoxy groups -OCH3 is 1. The first-order valence-corrected chi connectivity index (χ1v) is 9.40. The minimum Gasteiger partial charge on any atom is -0.508 e. The van der Waals surface area contributed by atoms with Gasteiger partial charge in [0.05, 0.1) is 30.2 Å². The van der Waals surface area contributed by atoms with E-state index in [9.17, 15) is 5.11 Å². The van der Waals surface area contributed by atoms with Crippen LogP contribution in [0.2, 0.25) is 0 Å². The molecule has 4 aromatic rings. The normalized spacial score (nSPS) is 18.5. The lowest BCUT2D eigenvalue weighted by atomic mass is 9.92. The van der Waals surface area contributed by atoms with Gasteiger partial charge in [0, 0.05) is 5.56 Å². The van der Waals surface area contributed by atoms with Gasteiger partial charge < -0.3 is 19.7 Å². The first kappa shape index (κ1) is 16.7. The topological polar surface area (TPSA) is 59.3 Å². The van der Waals surface area contributed by atoms with Crippen LogP contribution in [0.5, 0.6) is 11.5 Å². The second-order valence-corrected chi connectivity index (χ2v) is 7.07. The molecule has 0 unspecified atom stereocenters. The summed E-state index contributed by atoms with van der Waals surface area (Å²) in [4.78, 5) is 4.81. The highest BCUT2D eigenvalue weighted by Crippen LogP contribution is 2.42. The first-order valence-electron chi connectivity index (χ1n) is 9.40. The Kier molecular flexibility index (Phi) is 3.93. The van der Waals surface area contributed by atoms with Crippen molar-refractivity contribution >= 4 is 17.0 Å². The van der Waals surface area contributed by atoms with Crippen molar-refractivity contribution in [1.29, 1.82) is 0 Å². The van der Waals surface area contributed by atoms with Gasteiger partial charge in [0.2, 0.25) is 5.95 Å². The molecule has 0 aliphatic carbocycles. The smallest absolute Gasteiger partial charge is 0.204 e. The molecule has 28 heavy (non-hydrogen) atoms. The molecule has 0 radical (unpaired) electrons. The second-order valence-electron chi connectivity index (χ2n) is 7.07. The highest BCUT2D eigenvalue weighted by molar-refractivity contribution is 5.79. The van der Waals surface area contributed by atoms with Gasteiger partial charge in [-0.3, -0.25) is 0 Å². The van der Waals surface area contributed by atoms with Gasteiger partial charge in [-0.25, -0.2) is 4.98 Å². The maximum absolute atomic E-state index is 10.4. The van der Waals surface area contributed by atoms with E-state index in [0.29, 0.717) is 5.75 Å². The third kappa shape index (κ3) is 2.67. The van der Waals surface area contributed by atoms with Crippen LogP contribution in [0.1, 0.15) is 29.6 Å². The lowest BCUT2D eigenvalue weighted by Gasteiger charge is -2.33. The zero-order valence-corrected chi connectivity index (χ0v) is 15.5. The molecule has 2 heterocycles. The first-order chi connectivity index (χ1) is 13.7. The van der Waals surface area contributed by atoms with Gasteiger partial charge in [-0.1, -0.05) is 42.5 Å². The number of aromatic hydroxyl groups is 1. The number of hydrogen-bond acceptors (Lipinski definition) is 4. The van der Waals surface area contributed by atoms with E-state index in [1.807, 2.05) is 48.5 Å². The number of aromatic nitrogens is 2. The largest absolute Gasteiger partial charge is 0.508 e. The molecule has 1 aliphatic heterocycles. The monoisotopic (exact) mass is 371 g/mol. The molecule has 0 saturated heterocycles. The average molecular weight is 371 g/mol. The quantitative estimate of drug-likeness (QED) is 0.538. The van der Waals surface area contributed by atoms with Crippen LogP contribution in [0.3, 0.4) is 0 Å². The Labute approximate surface area is 163 Å². The zero-order chi connectivity index (χ0) is 19.1. The van der Waals surface area contributed by atoms with E-state index in [1.54, 1.807) is 13.2 Å². The molecular weight excluding hydrogens is 350 g/mol. The fourth-order valence-corrected chi connectivity index (χ4v) is 4.10. The summed E-state index contributed by atoms with van der Waals surface area (Å²) in [5.74, 6) is 1.96. The number of phenolic OH excluding ortho intramolecular Hbond substituents is 1. The molecule has 0 spiro atoms. The number of fused-ring (bicyclic) bond motifs is 3. The summed E-state index contributed by atoms with van der Waals surface area (Å²) >= 11 is 0. The maximum Gasteiger partial charge on any atom is 0.204 e. The number of ether oxygens (including phenoxy) is 1. The Morgan fingerprint density at radius 1 is 1.00 bits per heavy atom. The summed E-state index contributed by atoms with van der Waals surface area (Å²) in [5.41, 5.74) is 4.13. The third-order valence-corrected chi connectivity index (χ3v) is 5.48. The predicted molar refractivity (Wildman–Crippen MR) is 110 cm³/mol. The van der Waals surface area contributed by atoms with E-state index in [1.165, 1.54) is 5.56 Å². The number of anilines is 1. The van der Waals surface area contributed by atoms with Crippen molar-refractivity contribution in [2.24, 2.45) is 0 Å². The number of rotatable bonds is 3. The fraction of sp³-hybridized carbons (Fsp3) is 0.174. The van der Waals surface area contributed by atoms with Crippen LogP contribution < -0.4 is 10.1 Å². The molecule has 5 rings (SSSR count). The molecule has 2 N–H and O–H groups in total. The summed E-state index contributed by atoms with van der Waals surface area (Å²) in [6.45, 7) is 0. The highest BCUT2D eigenvalue weighted by atomic mass is 16.5. The van der Waals surface area contributed by atoms with Crippen molar-refractivity contribution in [3.63, 3.8) is 0 Å². The van der Waals surface area contributed by atoms with E-state index in [0.717, 1.165) is 34.7 Å². The summed E-state index contributed by atoms with van der Waals surface area (Å²) in [6, 6.07) is 23.9. The number of imidazole rings is 1. The fourth-order valence-electron chi connectivity index (χ4n) is 4.10. The average Bonchev–Trinajstić information content (AvgIpc) is 3.12. The predicted octanol–water partition coefficient (Wildman–Crippen LogP) is 4.90. The van der Waals surface area contributed by atoms with E-state index in [-0.39, 0.29) is 12.1 Å². The van der Waals surface area contributed by atoms with Gasteiger partial charge in [0.15, 0.2) is 0 Å². The molecule has 0 amide bonds. The third-order valence-electron chi connectivity index (χ3n) is 5.48. The molecule has 5 heteroatoms. The molecule has 0 bridgehead atoms. The van der Waals surface area contributed by atoms with E-state index < -0.39 is 0 Å². The zero-order valence-electron chi connectivity index (χ0n) is 15.5. The lowest BCUT2D eigenvalue weighted by molar-refractivity contribution is 0.413. The minimum absolute atomic E-state index is 0.0300. The van der Waals surface area contributed by atoms with E-state index in [4.69, 9.17) is 9.72 Å². The number of phenols is 1. The van der Waals surface area contributed by atoms with Crippen LogP contribution in [0.15, 0.2) is 72.8 Å². The van der Waals surface area contributed by atoms with Gasteiger partial charge in [-0.05, 0) is 42.3 Å². The molecular formula is C23H21N3O2. The lowest BCUT2D eigenvalue weighted by Crippen LogP contribution is -2.27. The molecule has 3 aromatic carbocycles. The summed E-state index contributed by atoms with van der Waals surface area (Å²) in [7, 11) is 1.68. The summed E-state index contributed by atoms with van der Waals surface area (Å²) in [6.07, 6.45) is 0.803. The maximum atomic E-state index is 10.4. The Morgan fingerprint density at radius 2 is 1.75 bits per heavy atom. The standard InChI is InChI=1S/C23H21N3O2/c1-28-16-12-10-15(11-13-16)21-14-19(17-6-2-5-9-22(17)27)25-23-24-18-7-3-4-8-20(18)26(21)23/h2-13,19,21,27H,14H2,1H3,(H,24,25)/t19-,21-/m0/s1. The van der Waals surface area contributed by atoms with Crippen molar-refractivity contribution in [3.05, 3.63) is 83.9 Å². The van der Waals surface area contributed by atoms with Crippen LogP contribution in [-0.2, 0) is 0 Å². The van der Waals surface area contributed by atoms with Gasteiger partial charge in [0.1, 0.15) is 11.5 Å². The Hall–Kier alpha value is -3.47. The van der Waals surface area contributed by atoms with Gasteiger partial charge in [-0.2, -0.15) is 0 Å². The Bertz CT molecular complexity index is 1130. The van der Waals surface area contributed by atoms with Gasteiger partial charge in [-0.15, -0.1) is 0 Å². The molecule has 0 saturated carbocycles. The van der Waals surface area contributed by atoms with Crippen molar-refractivity contribution in [1.82, 2.24) is 9.55 Å². The number of nitrogens with zero attached hydrogens (tertiary/aromatic N) is 2. The van der Waals surface area contributed by atoms with E-state index >= 15 is 0 Å². The van der Waals surface area contributed by atoms with Crippen molar-refractivity contribution < 1.29 is 9.84 Å². The van der Waals surface area contributed by atoms with Crippen LogP contribution in [0.25, 0.3) is 11.0 Å². The summed E-state index contributed by atoms with van der Waals surface area (Å²) in [5, 5.41) is 13.9. The Balaban J connectivity index is 1.66. The SMILES string of the molecule is COc1ccc([C@@H]2C[C@@H](c3ccccc3O)Nc3nc4ccccc4n32)cc1.